The first-order valence-electron chi connectivity index (χ1n) is 33.8. The second-order valence-electron chi connectivity index (χ2n) is 24.1. The summed E-state index contributed by atoms with van der Waals surface area (Å²) in [7, 11) is 0. The Morgan fingerprint density at radius 2 is 0.575 bits per heavy atom. The number of thiophene rings is 4. The van der Waals surface area contributed by atoms with E-state index in [-0.39, 0.29) is 0 Å². The molecular formula is C72H112N2S6. The maximum Gasteiger partial charge on any atom is 0.134 e. The van der Waals surface area contributed by atoms with Crippen molar-refractivity contribution in [3.05, 3.63) is 68.7 Å². The molecule has 0 aliphatic heterocycles. The second-order valence-corrected chi connectivity index (χ2v) is 30.7. The molecule has 0 fully saturated rings. The van der Waals surface area contributed by atoms with E-state index in [0.717, 1.165) is 19.3 Å². The van der Waals surface area contributed by atoms with Gasteiger partial charge in [-0.05, 0) is 113 Å². The third-order valence-electron chi connectivity index (χ3n) is 16.7. The first-order chi connectivity index (χ1) is 39.4. The van der Waals surface area contributed by atoms with Crippen molar-refractivity contribution in [1.82, 2.24) is 9.97 Å². The highest BCUT2D eigenvalue weighted by Gasteiger charge is 2.26. The zero-order chi connectivity index (χ0) is 56.2. The number of nitrogens with zero attached hydrogens (tertiary/aromatic N) is 2. The maximum atomic E-state index is 5.86. The van der Waals surface area contributed by atoms with Gasteiger partial charge < -0.3 is 0 Å². The van der Waals surface area contributed by atoms with E-state index in [1.807, 2.05) is 68.0 Å². The Bertz CT molecular complexity index is 2490. The standard InChI is InChI=1S/C72H112N2S6/c1-7-11-15-19-23-27-31-35-39-43-47-59-55-58(6)76-67(59)71-73-61(49-45-41-37-33-29-25-21-17-13-9-3)69(79-71)70-62(50-46-42-38-34-30-26-22-18-14-10-4)74-72(80-70)68-60(48-44-40-36-32-28-24-20-16-12-8-2)56-66(78-68)65-54-53-64(77-65)63-52-51-57(5)75-63/h51-56H,7-50H2,1-6H3. The van der Waals surface area contributed by atoms with Crippen molar-refractivity contribution in [2.24, 2.45) is 0 Å². The molecule has 0 saturated carbocycles. The van der Waals surface area contributed by atoms with Gasteiger partial charge in [0.15, 0.2) is 0 Å². The van der Waals surface area contributed by atoms with Crippen LogP contribution in [0.15, 0.2) is 36.4 Å². The van der Waals surface area contributed by atoms with Crippen LogP contribution in [0.3, 0.4) is 0 Å². The number of rotatable bonds is 49. The number of thiazole rings is 2. The molecular weight excluding hydrogens is 1090 g/mol. The Morgan fingerprint density at radius 1 is 0.263 bits per heavy atom. The molecule has 0 aliphatic carbocycles. The van der Waals surface area contributed by atoms with Crippen molar-refractivity contribution in [3.63, 3.8) is 0 Å². The molecule has 0 amide bonds. The van der Waals surface area contributed by atoms with Crippen LogP contribution in [-0.2, 0) is 25.7 Å². The van der Waals surface area contributed by atoms with E-state index >= 15 is 0 Å². The molecule has 6 heterocycles. The van der Waals surface area contributed by atoms with Gasteiger partial charge in [0.25, 0.3) is 0 Å². The molecule has 0 spiro atoms. The summed E-state index contributed by atoms with van der Waals surface area (Å²) in [5.74, 6) is 0. The molecule has 0 saturated heterocycles. The molecule has 0 radical (unpaired) electrons. The van der Waals surface area contributed by atoms with E-state index in [1.165, 1.54) is 339 Å². The fourth-order valence-corrected chi connectivity index (χ4v) is 18.7. The summed E-state index contributed by atoms with van der Waals surface area (Å²) < 4.78 is 0. The van der Waals surface area contributed by atoms with Crippen molar-refractivity contribution in [2.75, 3.05) is 0 Å². The van der Waals surface area contributed by atoms with Crippen LogP contribution in [-0.4, -0.2) is 9.97 Å². The van der Waals surface area contributed by atoms with Crippen LogP contribution in [0.25, 0.3) is 49.0 Å². The van der Waals surface area contributed by atoms with E-state index < -0.39 is 0 Å². The van der Waals surface area contributed by atoms with Gasteiger partial charge in [0.05, 0.1) is 30.9 Å². The van der Waals surface area contributed by atoms with Gasteiger partial charge in [-0.1, -0.05) is 259 Å². The van der Waals surface area contributed by atoms with Crippen molar-refractivity contribution in [2.45, 2.75) is 324 Å². The normalized spacial score (nSPS) is 11.8. The van der Waals surface area contributed by atoms with E-state index in [4.69, 9.17) is 9.97 Å². The lowest BCUT2D eigenvalue weighted by molar-refractivity contribution is 0.555. The quantitative estimate of drug-likeness (QED) is 0.0356. The lowest BCUT2D eigenvalue weighted by Crippen LogP contribution is -1.93. The molecule has 80 heavy (non-hydrogen) atoms. The van der Waals surface area contributed by atoms with Crippen LogP contribution >= 0.6 is 68.0 Å². The average molecular weight is 1200 g/mol. The molecule has 0 bridgehead atoms. The Hall–Kier alpha value is -1.94. The smallest absolute Gasteiger partial charge is 0.134 e. The van der Waals surface area contributed by atoms with E-state index in [0.29, 0.717) is 0 Å². The lowest BCUT2D eigenvalue weighted by atomic mass is 10.0. The summed E-state index contributed by atoms with van der Waals surface area (Å²) in [5, 5.41) is 2.54. The van der Waals surface area contributed by atoms with E-state index in [1.54, 1.807) is 5.56 Å². The number of hydrogen-bond acceptors (Lipinski definition) is 8. The largest absolute Gasteiger partial charge is 0.240 e. The molecule has 8 heteroatoms. The van der Waals surface area contributed by atoms with E-state index in [9.17, 15) is 0 Å². The molecule has 0 unspecified atom stereocenters. The third-order valence-corrected chi connectivity index (χ3v) is 24.1. The Morgan fingerprint density at radius 3 is 0.950 bits per heavy atom. The van der Waals surface area contributed by atoms with Crippen molar-refractivity contribution < 1.29 is 0 Å². The van der Waals surface area contributed by atoms with Crippen LogP contribution in [0.1, 0.15) is 317 Å². The first-order valence-corrected chi connectivity index (χ1v) is 38.7. The van der Waals surface area contributed by atoms with Crippen LogP contribution in [0.2, 0.25) is 0 Å². The summed E-state index contributed by atoms with van der Waals surface area (Å²) in [6.07, 6.45) is 59.2. The van der Waals surface area contributed by atoms with Crippen molar-refractivity contribution in [1.29, 1.82) is 0 Å². The van der Waals surface area contributed by atoms with Crippen LogP contribution in [0.4, 0.5) is 0 Å². The Balaban J connectivity index is 1.28. The molecule has 6 rings (SSSR count). The second kappa shape index (κ2) is 41.2. The van der Waals surface area contributed by atoms with Gasteiger partial charge in [0, 0.05) is 29.3 Å². The average Bonchev–Trinajstić information content (AvgIpc) is 4.44. The van der Waals surface area contributed by atoms with Gasteiger partial charge in [-0.2, -0.15) is 0 Å². The summed E-state index contributed by atoms with van der Waals surface area (Å²) in [6.45, 7) is 13.9. The fourth-order valence-electron chi connectivity index (χ4n) is 11.8. The predicted octanol–water partition coefficient (Wildman–Crippen LogP) is 27.7. The molecule has 6 aromatic rings. The maximum absolute atomic E-state index is 5.86. The van der Waals surface area contributed by atoms with Crippen molar-refractivity contribution in [3.8, 4) is 49.0 Å². The summed E-state index contributed by atoms with van der Waals surface area (Å²) in [4.78, 5) is 25.8. The highest BCUT2D eigenvalue weighted by molar-refractivity contribution is 7.30. The number of unbranched alkanes of at least 4 members (excludes halogenated alkanes) is 36. The third kappa shape index (κ3) is 24.6. The van der Waals surface area contributed by atoms with Crippen LogP contribution < -0.4 is 0 Å². The Labute approximate surface area is 515 Å². The zero-order valence-corrected chi connectivity index (χ0v) is 56.8. The lowest BCUT2D eigenvalue weighted by Gasteiger charge is -2.05. The minimum Gasteiger partial charge on any atom is -0.240 e. The van der Waals surface area contributed by atoms with Gasteiger partial charge in [-0.3, -0.25) is 0 Å². The minimum absolute atomic E-state index is 1.07. The highest BCUT2D eigenvalue weighted by atomic mass is 32.1. The van der Waals surface area contributed by atoms with E-state index in [2.05, 4.69) is 77.9 Å². The van der Waals surface area contributed by atoms with Gasteiger partial charge in [0.2, 0.25) is 0 Å². The van der Waals surface area contributed by atoms with Crippen LogP contribution in [0.5, 0.6) is 0 Å². The van der Waals surface area contributed by atoms with Gasteiger partial charge >= 0.3 is 0 Å². The van der Waals surface area contributed by atoms with Gasteiger partial charge in [-0.25, -0.2) is 9.97 Å². The topological polar surface area (TPSA) is 25.8 Å². The molecule has 446 valence electrons. The molecule has 0 N–H and O–H groups in total. The van der Waals surface area contributed by atoms with Crippen molar-refractivity contribution >= 4 is 68.0 Å². The minimum atomic E-state index is 1.07. The SMILES string of the molecule is CCCCCCCCCCCCc1cc(C)sc1-c1nc(CCCCCCCCCCCC)c(-c2sc(-c3sc(-c4ccc(-c5ccc(C)s5)s4)cc3CCCCCCCCCCCC)nc2CCCCCCCCCCCC)s1. The number of hydrogen-bond donors (Lipinski definition) is 0. The van der Waals surface area contributed by atoms with Gasteiger partial charge in [-0.15, -0.1) is 68.0 Å². The first kappa shape index (κ1) is 67.2. The Kier molecular flexibility index (Phi) is 34.6. The summed E-state index contributed by atoms with van der Waals surface area (Å²) in [5.41, 5.74) is 5.77. The highest BCUT2D eigenvalue weighted by Crippen LogP contribution is 2.49. The summed E-state index contributed by atoms with van der Waals surface area (Å²) in [6, 6.07) is 14.5. The van der Waals surface area contributed by atoms with Crippen LogP contribution in [0, 0.1) is 13.8 Å². The van der Waals surface area contributed by atoms with Gasteiger partial charge in [0.1, 0.15) is 10.0 Å². The molecule has 6 aromatic heterocycles. The zero-order valence-electron chi connectivity index (χ0n) is 51.9. The monoisotopic (exact) mass is 1200 g/mol. The summed E-state index contributed by atoms with van der Waals surface area (Å²) >= 11 is 12.0. The molecule has 2 nitrogen and oxygen atoms in total. The molecule has 0 aliphatic rings. The number of aryl methyl sites for hydroxylation is 6. The predicted molar refractivity (Wildman–Crippen MR) is 368 cm³/mol. The molecule has 0 atom stereocenters. The fraction of sp³-hybridized carbons (Fsp3) is 0.694. The molecule has 0 aromatic carbocycles. The number of aromatic nitrogens is 2.